The van der Waals surface area contributed by atoms with E-state index in [1.807, 2.05) is 60.7 Å². The van der Waals surface area contributed by atoms with Crippen LogP contribution >= 0.6 is 46.4 Å². The maximum atomic E-state index is 6.67. The van der Waals surface area contributed by atoms with Gasteiger partial charge in [-0.1, -0.05) is 95.5 Å². The molecule has 94 valence electrons. The van der Waals surface area contributed by atoms with E-state index < -0.39 is 8.67 Å². The van der Waals surface area contributed by atoms with Crippen LogP contribution in [0.3, 0.4) is 0 Å². The molecule has 4 heteroatoms. The van der Waals surface area contributed by atoms with Gasteiger partial charge in [0, 0.05) is 0 Å². The van der Waals surface area contributed by atoms with Crippen molar-refractivity contribution in [1.82, 2.24) is 0 Å². The first-order valence-corrected chi connectivity index (χ1v) is 6.84. The molecular weight excluding hydrogens is 310 g/mol. The lowest BCUT2D eigenvalue weighted by Gasteiger charge is -2.34. The number of hydrogen-bond donors (Lipinski definition) is 0. The average molecular weight is 320 g/mol. The maximum absolute atomic E-state index is 6.67. The summed E-state index contributed by atoms with van der Waals surface area (Å²) in [7, 11) is 0. The average Bonchev–Trinajstić information content (AvgIpc) is 2.38. The Morgan fingerprint density at radius 1 is 0.556 bits per heavy atom. The van der Waals surface area contributed by atoms with Crippen LogP contribution in [0.4, 0.5) is 0 Å². The standard InChI is InChI=1S/C14H10Cl4/c15-13(14(16,17)18,11-7-3-1-4-8-11)12-9-5-2-6-10-12/h1-10H. The lowest BCUT2D eigenvalue weighted by atomic mass is 9.91. The van der Waals surface area contributed by atoms with Crippen molar-refractivity contribution in [1.29, 1.82) is 0 Å². The van der Waals surface area contributed by atoms with Crippen molar-refractivity contribution in [2.75, 3.05) is 0 Å². The highest BCUT2D eigenvalue weighted by molar-refractivity contribution is 6.71. The molecule has 0 bridgehead atoms. The normalized spacial score (nSPS) is 12.4. The Morgan fingerprint density at radius 3 is 1.17 bits per heavy atom. The SMILES string of the molecule is ClC(Cl)(Cl)C(Cl)(c1ccccc1)c1ccccc1. The van der Waals surface area contributed by atoms with Gasteiger partial charge in [0.05, 0.1) is 0 Å². The summed E-state index contributed by atoms with van der Waals surface area (Å²) in [5.41, 5.74) is 1.50. The molecule has 0 aliphatic rings. The smallest absolute Gasteiger partial charge is 0.104 e. The van der Waals surface area contributed by atoms with Gasteiger partial charge in [0.2, 0.25) is 3.79 Å². The highest BCUT2D eigenvalue weighted by Gasteiger charge is 2.49. The van der Waals surface area contributed by atoms with Crippen molar-refractivity contribution in [2.45, 2.75) is 8.67 Å². The highest BCUT2D eigenvalue weighted by atomic mass is 35.6. The van der Waals surface area contributed by atoms with Crippen molar-refractivity contribution in [3.8, 4) is 0 Å². The van der Waals surface area contributed by atoms with Crippen molar-refractivity contribution < 1.29 is 0 Å². The molecule has 0 amide bonds. The topological polar surface area (TPSA) is 0 Å². The molecule has 0 atom stereocenters. The van der Waals surface area contributed by atoms with Gasteiger partial charge in [0.15, 0.2) is 0 Å². The van der Waals surface area contributed by atoms with Crippen molar-refractivity contribution >= 4 is 46.4 Å². The third-order valence-electron chi connectivity index (χ3n) is 2.73. The van der Waals surface area contributed by atoms with Crippen LogP contribution in [0.1, 0.15) is 11.1 Å². The van der Waals surface area contributed by atoms with E-state index in [4.69, 9.17) is 46.4 Å². The van der Waals surface area contributed by atoms with Gasteiger partial charge >= 0.3 is 0 Å². The van der Waals surface area contributed by atoms with E-state index in [1.165, 1.54) is 0 Å². The van der Waals surface area contributed by atoms with Gasteiger partial charge < -0.3 is 0 Å². The van der Waals surface area contributed by atoms with E-state index in [0.717, 1.165) is 11.1 Å². The van der Waals surface area contributed by atoms with Gasteiger partial charge in [-0.3, -0.25) is 0 Å². The molecule has 0 fully saturated rings. The van der Waals surface area contributed by atoms with Gasteiger partial charge in [0.1, 0.15) is 4.87 Å². The van der Waals surface area contributed by atoms with E-state index >= 15 is 0 Å². The summed E-state index contributed by atoms with van der Waals surface area (Å²) in [5, 5.41) is 0. The minimum absolute atomic E-state index is 0.748. The van der Waals surface area contributed by atoms with Gasteiger partial charge in [0.25, 0.3) is 0 Å². The second kappa shape index (κ2) is 5.30. The third-order valence-corrected chi connectivity index (χ3v) is 4.59. The lowest BCUT2D eigenvalue weighted by molar-refractivity contribution is 0.748. The Hall–Kier alpha value is -0.400. The summed E-state index contributed by atoms with van der Waals surface area (Å²) < 4.78 is -1.66. The first-order chi connectivity index (χ1) is 8.46. The van der Waals surface area contributed by atoms with E-state index in [-0.39, 0.29) is 0 Å². The zero-order chi connectivity index (χ0) is 13.2. The molecule has 2 aromatic rings. The molecule has 0 radical (unpaired) electrons. The van der Waals surface area contributed by atoms with E-state index in [9.17, 15) is 0 Å². The molecule has 0 aliphatic heterocycles. The molecule has 0 aromatic heterocycles. The van der Waals surface area contributed by atoms with Gasteiger partial charge in [-0.15, -0.1) is 11.6 Å². The summed E-state index contributed by atoms with van der Waals surface area (Å²) in [6, 6.07) is 18.6. The molecular formula is C14H10Cl4. The van der Waals surface area contributed by atoms with Crippen LogP contribution in [-0.2, 0) is 4.87 Å². The van der Waals surface area contributed by atoms with Crippen LogP contribution < -0.4 is 0 Å². The quantitative estimate of drug-likeness (QED) is 0.637. The fourth-order valence-electron chi connectivity index (χ4n) is 1.83. The number of benzene rings is 2. The largest absolute Gasteiger partial charge is 0.217 e. The first kappa shape index (κ1) is 14.0. The van der Waals surface area contributed by atoms with E-state index in [0.29, 0.717) is 0 Å². The molecule has 0 nitrogen and oxygen atoms in total. The lowest BCUT2D eigenvalue weighted by Crippen LogP contribution is -2.35. The minimum Gasteiger partial charge on any atom is -0.104 e. The fraction of sp³-hybridized carbons (Fsp3) is 0.143. The Morgan fingerprint density at radius 2 is 0.889 bits per heavy atom. The summed E-state index contributed by atoms with van der Waals surface area (Å²) in [6.45, 7) is 0. The molecule has 18 heavy (non-hydrogen) atoms. The van der Waals surface area contributed by atoms with E-state index in [1.54, 1.807) is 0 Å². The monoisotopic (exact) mass is 318 g/mol. The van der Waals surface area contributed by atoms with Gasteiger partial charge in [-0.2, -0.15) is 0 Å². The van der Waals surface area contributed by atoms with Gasteiger partial charge in [-0.05, 0) is 11.1 Å². The molecule has 0 N–H and O–H groups in total. The second-order valence-electron chi connectivity index (χ2n) is 3.89. The van der Waals surface area contributed by atoms with Crippen LogP contribution in [0.5, 0.6) is 0 Å². The summed E-state index contributed by atoms with van der Waals surface area (Å²) >= 11 is 25.0. The zero-order valence-electron chi connectivity index (χ0n) is 9.29. The van der Waals surface area contributed by atoms with Gasteiger partial charge in [-0.25, -0.2) is 0 Å². The highest BCUT2D eigenvalue weighted by Crippen LogP contribution is 2.53. The Labute approximate surface area is 126 Å². The Bertz CT molecular complexity index is 463. The third kappa shape index (κ3) is 2.48. The van der Waals surface area contributed by atoms with Crippen molar-refractivity contribution in [3.63, 3.8) is 0 Å². The first-order valence-electron chi connectivity index (χ1n) is 5.33. The predicted octanol–water partition coefficient (Wildman–Crippen LogP) is 5.54. The molecule has 0 unspecified atom stereocenters. The van der Waals surface area contributed by atoms with Crippen LogP contribution in [0.15, 0.2) is 60.7 Å². The van der Waals surface area contributed by atoms with Crippen LogP contribution in [0.2, 0.25) is 0 Å². The number of halogens is 4. The Balaban J connectivity index is 2.63. The maximum Gasteiger partial charge on any atom is 0.217 e. The summed E-state index contributed by atoms with van der Waals surface area (Å²) in [4.78, 5) is -1.21. The van der Waals surface area contributed by atoms with Crippen LogP contribution in [0, 0.1) is 0 Å². The zero-order valence-corrected chi connectivity index (χ0v) is 12.3. The predicted molar refractivity (Wildman–Crippen MR) is 79.8 cm³/mol. The second-order valence-corrected chi connectivity index (χ2v) is 6.74. The van der Waals surface area contributed by atoms with Crippen molar-refractivity contribution in [2.24, 2.45) is 0 Å². The molecule has 0 saturated heterocycles. The van der Waals surface area contributed by atoms with Crippen LogP contribution in [-0.4, -0.2) is 3.79 Å². The number of alkyl halides is 4. The van der Waals surface area contributed by atoms with E-state index in [2.05, 4.69) is 0 Å². The van der Waals surface area contributed by atoms with Crippen LogP contribution in [0.25, 0.3) is 0 Å². The fourth-order valence-corrected chi connectivity index (χ4v) is 2.74. The number of rotatable bonds is 2. The molecule has 0 saturated carbocycles. The molecule has 0 heterocycles. The summed E-state index contributed by atoms with van der Waals surface area (Å²) in [5.74, 6) is 0. The molecule has 0 aliphatic carbocycles. The molecule has 2 rings (SSSR count). The molecule has 0 spiro atoms. The minimum atomic E-state index is -1.66. The summed E-state index contributed by atoms with van der Waals surface area (Å²) in [6.07, 6.45) is 0. The number of hydrogen-bond acceptors (Lipinski definition) is 0. The van der Waals surface area contributed by atoms with Crippen molar-refractivity contribution in [3.05, 3.63) is 71.8 Å². The molecule has 2 aromatic carbocycles. The Kier molecular flexibility index (Phi) is 4.13.